The molecule has 0 spiro atoms. The van der Waals surface area contributed by atoms with Gasteiger partial charge in [-0.05, 0) is 6.92 Å². The summed E-state index contributed by atoms with van der Waals surface area (Å²) >= 11 is 3.05. The molecule has 1 aliphatic rings. The van der Waals surface area contributed by atoms with Crippen molar-refractivity contribution >= 4 is 33.5 Å². The predicted molar refractivity (Wildman–Crippen MR) is 65.5 cm³/mol. The molecule has 1 aliphatic heterocycles. The van der Waals surface area contributed by atoms with Crippen LogP contribution in [0.5, 0.6) is 0 Å². The molecule has 1 rings (SSSR count). The van der Waals surface area contributed by atoms with Crippen LogP contribution in [-0.4, -0.2) is 56.7 Å². The molecule has 7 nitrogen and oxygen atoms in total. The lowest BCUT2D eigenvalue weighted by Gasteiger charge is -2.34. The van der Waals surface area contributed by atoms with Crippen LogP contribution in [-0.2, 0) is 23.9 Å². The summed E-state index contributed by atoms with van der Waals surface area (Å²) in [6, 6.07) is 0. The minimum absolute atomic E-state index is 0.0517. The average molecular weight is 339 g/mol. The largest absolute Gasteiger partial charge is 0.456 e. The van der Waals surface area contributed by atoms with Gasteiger partial charge in [0.05, 0.1) is 0 Å². The predicted octanol–water partition coefficient (Wildman–Crippen LogP) is -0.691. The Kier molecular flexibility index (Phi) is 4.51. The van der Waals surface area contributed by atoms with E-state index in [9.17, 15) is 24.6 Å². The van der Waals surface area contributed by atoms with Crippen molar-refractivity contribution in [3.63, 3.8) is 0 Å². The zero-order valence-corrected chi connectivity index (χ0v) is 12.3. The van der Waals surface area contributed by atoms with Gasteiger partial charge in [-0.15, -0.1) is 0 Å². The third-order valence-electron chi connectivity index (χ3n) is 3.05. The van der Waals surface area contributed by atoms with E-state index >= 15 is 0 Å². The summed E-state index contributed by atoms with van der Waals surface area (Å²) < 4.78 is 9.92. The monoisotopic (exact) mass is 338 g/mol. The first kappa shape index (κ1) is 16.2. The van der Waals surface area contributed by atoms with Gasteiger partial charge in [0.2, 0.25) is 5.60 Å². The lowest BCUT2D eigenvalue weighted by atomic mass is 9.82. The van der Waals surface area contributed by atoms with Gasteiger partial charge >= 0.3 is 5.97 Å². The van der Waals surface area contributed by atoms with Crippen LogP contribution in [0.1, 0.15) is 20.8 Å². The van der Waals surface area contributed by atoms with Gasteiger partial charge in [-0.2, -0.15) is 0 Å². The normalized spacial score (nSPS) is 38.0. The van der Waals surface area contributed by atoms with E-state index < -0.39 is 41.1 Å². The number of esters is 1. The topological polar surface area (TPSA) is 110 Å². The number of Topliss-reactive ketones (excluding diaryl/α,β-unsaturated/α-hetero) is 2. The molecule has 19 heavy (non-hydrogen) atoms. The van der Waals surface area contributed by atoms with Gasteiger partial charge in [-0.1, -0.05) is 15.9 Å². The van der Waals surface area contributed by atoms with E-state index in [2.05, 4.69) is 15.9 Å². The van der Waals surface area contributed by atoms with E-state index in [1.165, 1.54) is 0 Å². The van der Waals surface area contributed by atoms with Crippen molar-refractivity contribution in [2.45, 2.75) is 44.4 Å². The lowest BCUT2D eigenvalue weighted by Crippen LogP contribution is -2.65. The van der Waals surface area contributed by atoms with E-state index in [0.29, 0.717) is 0 Å². The van der Waals surface area contributed by atoms with Crippen LogP contribution in [0.2, 0.25) is 0 Å². The Labute approximate surface area is 118 Å². The Hall–Kier alpha value is -0.830. The molecule has 0 aromatic heterocycles. The van der Waals surface area contributed by atoms with Gasteiger partial charge in [0.25, 0.3) is 5.79 Å². The molecule has 4 atom stereocenters. The molecule has 108 valence electrons. The second-order valence-corrected chi connectivity index (χ2v) is 5.01. The molecule has 1 saturated heterocycles. The van der Waals surface area contributed by atoms with Crippen LogP contribution in [0.4, 0.5) is 0 Å². The number of carbonyl (C=O) groups is 3. The first-order chi connectivity index (χ1) is 8.61. The van der Waals surface area contributed by atoms with Gasteiger partial charge in [0.1, 0.15) is 6.10 Å². The Morgan fingerprint density at radius 2 is 1.74 bits per heavy atom. The molecule has 0 amide bonds. The molecule has 8 heteroatoms. The summed E-state index contributed by atoms with van der Waals surface area (Å²) in [7, 11) is 0. The van der Waals surface area contributed by atoms with E-state index in [-0.39, 0.29) is 5.33 Å². The highest BCUT2D eigenvalue weighted by molar-refractivity contribution is 9.09. The molecule has 0 aromatic carbocycles. The van der Waals surface area contributed by atoms with Crippen LogP contribution in [0.3, 0.4) is 0 Å². The fourth-order valence-electron chi connectivity index (χ4n) is 2.08. The number of ether oxygens (including phenoxy) is 2. The molecule has 1 fully saturated rings. The Bertz CT molecular complexity index is 423. The SMILES string of the molecule is CC(=O)O[C@@H]1[C@@H](CBr)O[C@](O)(C(C)=O)[C@@]1(O)C(C)=O. The van der Waals surface area contributed by atoms with Crippen LogP contribution >= 0.6 is 15.9 Å². The molecule has 2 N–H and O–H groups in total. The Morgan fingerprint density at radius 3 is 2.05 bits per heavy atom. The van der Waals surface area contributed by atoms with Gasteiger partial charge in [0, 0.05) is 19.2 Å². The maximum atomic E-state index is 11.7. The van der Waals surface area contributed by atoms with E-state index in [1.807, 2.05) is 0 Å². The fourth-order valence-corrected chi connectivity index (χ4v) is 2.55. The minimum Gasteiger partial charge on any atom is -0.456 e. The van der Waals surface area contributed by atoms with Crippen LogP contribution in [0.25, 0.3) is 0 Å². The first-order valence-corrected chi connectivity index (χ1v) is 6.61. The zero-order valence-electron chi connectivity index (χ0n) is 10.7. The number of ketones is 2. The molecule has 0 bridgehead atoms. The molecule has 1 heterocycles. The molecule has 0 radical (unpaired) electrons. The number of carbonyl (C=O) groups excluding carboxylic acids is 3. The number of halogens is 1. The van der Waals surface area contributed by atoms with Crippen LogP contribution < -0.4 is 0 Å². The Balaban J connectivity index is 3.37. The van der Waals surface area contributed by atoms with E-state index in [4.69, 9.17) is 9.47 Å². The number of aliphatic hydroxyl groups is 2. The molecular formula is C11H15BrO7. The number of hydrogen-bond acceptors (Lipinski definition) is 7. The van der Waals surface area contributed by atoms with Gasteiger partial charge in [-0.25, -0.2) is 0 Å². The van der Waals surface area contributed by atoms with E-state index in [0.717, 1.165) is 20.8 Å². The van der Waals surface area contributed by atoms with Crippen molar-refractivity contribution in [2.75, 3.05) is 5.33 Å². The highest BCUT2D eigenvalue weighted by Gasteiger charge is 2.71. The fraction of sp³-hybridized carbons (Fsp3) is 0.727. The third kappa shape index (κ3) is 2.33. The quantitative estimate of drug-likeness (QED) is 0.515. The minimum atomic E-state index is -2.74. The summed E-state index contributed by atoms with van der Waals surface area (Å²) in [6.07, 6.45) is -2.51. The van der Waals surface area contributed by atoms with Crippen molar-refractivity contribution in [2.24, 2.45) is 0 Å². The maximum Gasteiger partial charge on any atom is 0.303 e. The summed E-state index contributed by atoms with van der Waals surface area (Å²) in [4.78, 5) is 34.3. The second kappa shape index (κ2) is 5.28. The van der Waals surface area contributed by atoms with E-state index in [1.54, 1.807) is 0 Å². The molecule has 0 saturated carbocycles. The van der Waals surface area contributed by atoms with Crippen molar-refractivity contribution < 1.29 is 34.1 Å². The number of hydrogen-bond donors (Lipinski definition) is 2. The van der Waals surface area contributed by atoms with Gasteiger partial charge in [-0.3, -0.25) is 14.4 Å². The summed E-state index contributed by atoms with van der Waals surface area (Å²) in [6.45, 7) is 3.02. The zero-order chi connectivity index (χ0) is 15.0. The van der Waals surface area contributed by atoms with Gasteiger partial charge < -0.3 is 19.7 Å². The summed E-state index contributed by atoms with van der Waals surface area (Å²) in [5, 5.41) is 20.7. The van der Waals surface area contributed by atoms with Crippen LogP contribution in [0, 0.1) is 0 Å². The smallest absolute Gasteiger partial charge is 0.303 e. The Morgan fingerprint density at radius 1 is 1.21 bits per heavy atom. The average Bonchev–Trinajstić information content (AvgIpc) is 2.52. The highest BCUT2D eigenvalue weighted by Crippen LogP contribution is 2.42. The summed E-state index contributed by atoms with van der Waals surface area (Å²) in [5.74, 6) is -5.39. The second-order valence-electron chi connectivity index (χ2n) is 4.36. The van der Waals surface area contributed by atoms with Crippen molar-refractivity contribution in [3.05, 3.63) is 0 Å². The molecule has 0 aromatic rings. The number of rotatable bonds is 4. The maximum absolute atomic E-state index is 11.7. The van der Waals surface area contributed by atoms with Crippen molar-refractivity contribution in [1.29, 1.82) is 0 Å². The van der Waals surface area contributed by atoms with Gasteiger partial charge in [0.15, 0.2) is 17.7 Å². The highest BCUT2D eigenvalue weighted by atomic mass is 79.9. The first-order valence-electron chi connectivity index (χ1n) is 5.49. The molecular weight excluding hydrogens is 324 g/mol. The lowest BCUT2D eigenvalue weighted by molar-refractivity contribution is -0.244. The summed E-state index contributed by atoms with van der Waals surface area (Å²) in [5.41, 5.74) is -2.64. The third-order valence-corrected chi connectivity index (χ3v) is 3.69. The standard InChI is InChI=1S/C11H15BrO7/c1-5(13)10(16)9(18-7(3)15)8(4-12)19-11(10,17)6(2)14/h8-9,16-17H,4H2,1-3H3/t8-,9-,10-,11-/m1/s1. The van der Waals surface area contributed by atoms with Crippen LogP contribution in [0.15, 0.2) is 0 Å². The molecule has 0 unspecified atom stereocenters. The van der Waals surface area contributed by atoms with Crippen molar-refractivity contribution in [3.8, 4) is 0 Å². The number of alkyl halides is 1. The van der Waals surface area contributed by atoms with Crippen molar-refractivity contribution in [1.82, 2.24) is 0 Å². The molecule has 0 aliphatic carbocycles.